The van der Waals surface area contributed by atoms with Crippen LogP contribution in [0.1, 0.15) is 32.6 Å². The number of amides is 1. The quantitative estimate of drug-likeness (QED) is 0.793. The number of carbonyl (C=O) groups excluding carboxylic acids is 1. The number of rotatable bonds is 2. The maximum absolute atomic E-state index is 12.3. The molecule has 1 aliphatic carbocycles. The summed E-state index contributed by atoms with van der Waals surface area (Å²) in [4.78, 5) is 12.3. The summed E-state index contributed by atoms with van der Waals surface area (Å²) in [5.41, 5.74) is 0.221. The van der Waals surface area contributed by atoms with Gasteiger partial charge in [-0.3, -0.25) is 4.79 Å². The number of nitrogens with one attached hydrogen (secondary N) is 2. The average molecular weight is 275 g/mol. The van der Waals surface area contributed by atoms with Crippen molar-refractivity contribution in [2.24, 2.45) is 11.3 Å². The highest BCUT2D eigenvalue weighted by Crippen LogP contribution is 2.58. The first-order valence-corrected chi connectivity index (χ1v) is 6.74. The molecule has 2 N–H and O–H groups in total. The van der Waals surface area contributed by atoms with E-state index in [0.29, 0.717) is 12.0 Å². The monoisotopic (exact) mass is 274 g/mol. The number of carbonyl (C=O) groups is 1. The molecule has 2 aliphatic heterocycles. The molecule has 4 nitrogen and oxygen atoms in total. The van der Waals surface area contributed by atoms with Crippen molar-refractivity contribution in [2.75, 3.05) is 26.3 Å². The van der Waals surface area contributed by atoms with Gasteiger partial charge < -0.3 is 15.4 Å². The van der Waals surface area contributed by atoms with Crippen LogP contribution in [0, 0.1) is 11.3 Å². The summed E-state index contributed by atoms with van der Waals surface area (Å²) in [6.45, 7) is 5.68. The van der Waals surface area contributed by atoms with E-state index in [4.69, 9.17) is 4.74 Å². The Morgan fingerprint density at radius 2 is 2.06 bits per heavy atom. The third-order valence-corrected chi connectivity index (χ3v) is 4.75. The Morgan fingerprint density at radius 3 is 2.67 bits per heavy atom. The molecule has 0 aromatic heterocycles. The van der Waals surface area contributed by atoms with E-state index in [1.54, 1.807) is 0 Å². The fourth-order valence-corrected chi connectivity index (χ4v) is 3.35. The highest BCUT2D eigenvalue weighted by atomic mass is 35.5. The molecule has 0 aromatic carbocycles. The second-order valence-electron chi connectivity index (χ2n) is 6.22. The van der Waals surface area contributed by atoms with Crippen LogP contribution in [-0.2, 0) is 9.53 Å². The lowest BCUT2D eigenvalue weighted by Gasteiger charge is -2.26. The second-order valence-corrected chi connectivity index (χ2v) is 6.22. The standard InChI is InChI=1S/C13H22N2O2.ClH/c1-12(4-7-17-9-12)15-11(16)10-8-13(10)2-5-14-6-3-13;/h10,14H,2-9H2,1H3,(H,15,16);1H. The minimum atomic E-state index is -0.117. The Kier molecular flexibility index (Phi) is 3.90. The van der Waals surface area contributed by atoms with Crippen molar-refractivity contribution in [1.29, 1.82) is 0 Å². The number of ether oxygens (including phenoxy) is 1. The first-order valence-electron chi connectivity index (χ1n) is 6.74. The molecule has 3 fully saturated rings. The molecular weight excluding hydrogens is 252 g/mol. The van der Waals surface area contributed by atoms with Gasteiger partial charge >= 0.3 is 0 Å². The SMILES string of the molecule is CC1(NC(=O)C2CC23CCNCC3)CCOC1.Cl. The topological polar surface area (TPSA) is 50.4 Å². The molecule has 3 rings (SSSR count). The van der Waals surface area contributed by atoms with Crippen molar-refractivity contribution in [3.63, 3.8) is 0 Å². The van der Waals surface area contributed by atoms with Gasteiger partial charge in [0.15, 0.2) is 0 Å². The normalized spacial score (nSPS) is 37.1. The van der Waals surface area contributed by atoms with Gasteiger partial charge in [0.05, 0.1) is 12.1 Å². The summed E-state index contributed by atoms with van der Waals surface area (Å²) in [7, 11) is 0. The van der Waals surface area contributed by atoms with Crippen LogP contribution in [0.15, 0.2) is 0 Å². The molecule has 3 aliphatic rings. The lowest BCUT2D eigenvalue weighted by molar-refractivity contribution is -0.125. The molecule has 2 heterocycles. The first-order chi connectivity index (χ1) is 8.14. The molecule has 5 heteroatoms. The molecule has 1 amide bonds. The summed E-state index contributed by atoms with van der Waals surface area (Å²) in [5.74, 6) is 0.530. The highest BCUT2D eigenvalue weighted by molar-refractivity contribution is 5.85. The molecule has 1 saturated carbocycles. The number of hydrogen-bond donors (Lipinski definition) is 2. The molecule has 18 heavy (non-hydrogen) atoms. The summed E-state index contributed by atoms with van der Waals surface area (Å²) in [6.07, 6.45) is 4.37. The van der Waals surface area contributed by atoms with Crippen molar-refractivity contribution in [1.82, 2.24) is 10.6 Å². The molecule has 1 spiro atoms. The van der Waals surface area contributed by atoms with E-state index in [-0.39, 0.29) is 29.8 Å². The number of halogens is 1. The predicted octanol–water partition coefficient (Wildman–Crippen LogP) is 1.09. The Labute approximate surface area is 115 Å². The fourth-order valence-electron chi connectivity index (χ4n) is 3.35. The average Bonchev–Trinajstić information content (AvgIpc) is 2.82. The summed E-state index contributed by atoms with van der Waals surface area (Å²) in [6, 6.07) is 0. The van der Waals surface area contributed by atoms with Crippen LogP contribution in [0.5, 0.6) is 0 Å². The number of hydrogen-bond acceptors (Lipinski definition) is 3. The lowest BCUT2D eigenvalue weighted by atomic mass is 9.91. The fraction of sp³-hybridized carbons (Fsp3) is 0.923. The van der Waals surface area contributed by atoms with E-state index < -0.39 is 0 Å². The zero-order valence-corrected chi connectivity index (χ0v) is 11.8. The van der Waals surface area contributed by atoms with Gasteiger partial charge in [-0.25, -0.2) is 0 Å². The zero-order chi connectivity index (χ0) is 11.9. The summed E-state index contributed by atoms with van der Waals surface area (Å²) < 4.78 is 5.37. The van der Waals surface area contributed by atoms with Crippen LogP contribution >= 0.6 is 12.4 Å². The largest absolute Gasteiger partial charge is 0.379 e. The van der Waals surface area contributed by atoms with Crippen LogP contribution in [0.4, 0.5) is 0 Å². The minimum Gasteiger partial charge on any atom is -0.379 e. The van der Waals surface area contributed by atoms with Crippen LogP contribution in [0.3, 0.4) is 0 Å². The van der Waals surface area contributed by atoms with E-state index in [1.807, 2.05) is 0 Å². The van der Waals surface area contributed by atoms with Gasteiger partial charge in [-0.1, -0.05) is 0 Å². The van der Waals surface area contributed by atoms with Gasteiger partial charge in [-0.2, -0.15) is 0 Å². The Balaban J connectivity index is 0.00000120. The Bertz CT molecular complexity index is 323. The van der Waals surface area contributed by atoms with Crippen LogP contribution in [0.25, 0.3) is 0 Å². The van der Waals surface area contributed by atoms with E-state index in [9.17, 15) is 4.79 Å². The molecule has 2 atom stereocenters. The molecule has 104 valence electrons. The van der Waals surface area contributed by atoms with Crippen molar-refractivity contribution in [3.8, 4) is 0 Å². The number of piperidine rings is 1. The van der Waals surface area contributed by atoms with Crippen LogP contribution < -0.4 is 10.6 Å². The second kappa shape index (κ2) is 4.99. The first kappa shape index (κ1) is 14.1. The minimum absolute atomic E-state index is 0. The van der Waals surface area contributed by atoms with Crippen LogP contribution in [0.2, 0.25) is 0 Å². The maximum Gasteiger partial charge on any atom is 0.224 e. The van der Waals surface area contributed by atoms with Gasteiger partial charge in [-0.05, 0) is 51.1 Å². The molecule has 0 bridgehead atoms. The lowest BCUT2D eigenvalue weighted by Crippen LogP contribution is -2.48. The molecular formula is C13H23ClN2O2. The van der Waals surface area contributed by atoms with E-state index in [1.165, 1.54) is 0 Å². The smallest absolute Gasteiger partial charge is 0.224 e. The Morgan fingerprint density at radius 1 is 1.33 bits per heavy atom. The highest BCUT2D eigenvalue weighted by Gasteiger charge is 2.58. The Hall–Kier alpha value is -0.320. The van der Waals surface area contributed by atoms with Crippen molar-refractivity contribution in [3.05, 3.63) is 0 Å². The van der Waals surface area contributed by atoms with Crippen molar-refractivity contribution in [2.45, 2.75) is 38.1 Å². The van der Waals surface area contributed by atoms with Gasteiger partial charge in [-0.15, -0.1) is 12.4 Å². The summed E-state index contributed by atoms with van der Waals surface area (Å²) >= 11 is 0. The van der Waals surface area contributed by atoms with Crippen molar-refractivity contribution >= 4 is 18.3 Å². The van der Waals surface area contributed by atoms with E-state index in [2.05, 4.69) is 17.6 Å². The van der Waals surface area contributed by atoms with Crippen molar-refractivity contribution < 1.29 is 9.53 Å². The zero-order valence-electron chi connectivity index (χ0n) is 11.0. The van der Waals surface area contributed by atoms with Crippen LogP contribution in [-0.4, -0.2) is 37.7 Å². The van der Waals surface area contributed by atoms with E-state index in [0.717, 1.165) is 45.4 Å². The van der Waals surface area contributed by atoms with Gasteiger partial charge in [0.1, 0.15) is 0 Å². The maximum atomic E-state index is 12.3. The van der Waals surface area contributed by atoms with Gasteiger partial charge in [0.25, 0.3) is 0 Å². The molecule has 2 unspecified atom stereocenters. The predicted molar refractivity (Wildman–Crippen MR) is 71.9 cm³/mol. The van der Waals surface area contributed by atoms with Gasteiger partial charge in [0, 0.05) is 12.5 Å². The summed E-state index contributed by atoms with van der Waals surface area (Å²) in [5, 5.41) is 6.57. The molecule has 0 radical (unpaired) electrons. The van der Waals surface area contributed by atoms with Gasteiger partial charge in [0.2, 0.25) is 5.91 Å². The molecule has 2 saturated heterocycles. The van der Waals surface area contributed by atoms with E-state index >= 15 is 0 Å². The molecule has 0 aromatic rings. The third kappa shape index (κ3) is 2.51. The third-order valence-electron chi connectivity index (χ3n) is 4.75.